The molecule has 0 aliphatic heterocycles. The fraction of sp³-hybridized carbons (Fsp3) is 0.462. The molecule has 1 aromatic carbocycles. The number of aryl methyl sites for hydroxylation is 3. The number of carbonyl (C=O) groups is 1. The van der Waals surface area contributed by atoms with Crippen LogP contribution in [0.15, 0.2) is 12.1 Å². The van der Waals surface area contributed by atoms with Crippen molar-refractivity contribution >= 4 is 17.7 Å². The van der Waals surface area contributed by atoms with E-state index in [1.165, 1.54) is 34.0 Å². The monoisotopic (exact) mass is 252 g/mol. The molecule has 17 heavy (non-hydrogen) atoms. The number of carbonyl (C=O) groups excluding carboxylic acids is 1. The van der Waals surface area contributed by atoms with Crippen molar-refractivity contribution in [3.63, 3.8) is 0 Å². The molecule has 1 rings (SSSR count). The summed E-state index contributed by atoms with van der Waals surface area (Å²) in [7, 11) is 0. The van der Waals surface area contributed by atoms with Gasteiger partial charge < -0.3 is 11.5 Å². The largest absolute Gasteiger partial charge is 0.369 e. The van der Waals surface area contributed by atoms with Crippen LogP contribution < -0.4 is 11.5 Å². The predicted octanol–water partition coefficient (Wildman–Crippen LogP) is 1.83. The van der Waals surface area contributed by atoms with E-state index in [1.54, 1.807) is 0 Å². The Bertz CT molecular complexity index is 395. The maximum atomic E-state index is 10.7. The second-order valence-corrected chi connectivity index (χ2v) is 5.43. The molecule has 0 radical (unpaired) electrons. The van der Waals surface area contributed by atoms with Crippen molar-refractivity contribution in [2.75, 3.05) is 11.5 Å². The van der Waals surface area contributed by atoms with Gasteiger partial charge in [0.15, 0.2) is 0 Å². The van der Waals surface area contributed by atoms with Crippen molar-refractivity contribution in [2.45, 2.75) is 26.8 Å². The van der Waals surface area contributed by atoms with Crippen molar-refractivity contribution in [1.29, 1.82) is 0 Å². The van der Waals surface area contributed by atoms with Gasteiger partial charge in [0.05, 0.1) is 5.75 Å². The first-order chi connectivity index (χ1) is 7.91. The fourth-order valence-electron chi connectivity index (χ4n) is 2.15. The van der Waals surface area contributed by atoms with Crippen molar-refractivity contribution in [3.8, 4) is 0 Å². The Morgan fingerprint density at radius 1 is 1.29 bits per heavy atom. The van der Waals surface area contributed by atoms with Crippen molar-refractivity contribution < 1.29 is 4.79 Å². The van der Waals surface area contributed by atoms with E-state index < -0.39 is 0 Å². The van der Waals surface area contributed by atoms with Gasteiger partial charge in [-0.15, -0.1) is 0 Å². The van der Waals surface area contributed by atoms with Gasteiger partial charge in [0, 0.05) is 11.8 Å². The number of hydrogen-bond donors (Lipinski definition) is 2. The van der Waals surface area contributed by atoms with Gasteiger partial charge in [-0.2, -0.15) is 11.8 Å². The average Bonchev–Trinajstić information content (AvgIpc) is 2.14. The van der Waals surface area contributed by atoms with Crippen LogP contribution in [-0.2, 0) is 4.79 Å². The van der Waals surface area contributed by atoms with Crippen molar-refractivity contribution in [3.05, 3.63) is 34.4 Å². The average molecular weight is 252 g/mol. The lowest BCUT2D eigenvalue weighted by molar-refractivity contribution is -0.115. The lowest BCUT2D eigenvalue weighted by atomic mass is 9.95. The highest BCUT2D eigenvalue weighted by molar-refractivity contribution is 7.99. The third-order valence-electron chi connectivity index (χ3n) is 2.65. The number of benzene rings is 1. The molecule has 0 aliphatic carbocycles. The van der Waals surface area contributed by atoms with Crippen LogP contribution in [0.25, 0.3) is 0 Å². The molecule has 0 heterocycles. The summed E-state index contributed by atoms with van der Waals surface area (Å²) in [6, 6.07) is 4.24. The minimum Gasteiger partial charge on any atom is -0.369 e. The van der Waals surface area contributed by atoms with Crippen molar-refractivity contribution in [2.24, 2.45) is 11.5 Å². The first-order valence-corrected chi connectivity index (χ1v) is 6.76. The predicted molar refractivity (Wildman–Crippen MR) is 74.1 cm³/mol. The molecular formula is C13H20N2OS. The molecule has 4 N–H and O–H groups in total. The van der Waals surface area contributed by atoms with Gasteiger partial charge in [0.1, 0.15) is 0 Å². The number of hydrogen-bond acceptors (Lipinski definition) is 3. The highest BCUT2D eigenvalue weighted by Gasteiger charge is 2.12. The van der Waals surface area contributed by atoms with Crippen LogP contribution in [0.4, 0.5) is 0 Å². The molecule has 0 aliphatic rings. The van der Waals surface area contributed by atoms with Gasteiger partial charge in [-0.25, -0.2) is 0 Å². The molecule has 0 fully saturated rings. The van der Waals surface area contributed by atoms with Crippen LogP contribution in [-0.4, -0.2) is 17.4 Å². The minimum absolute atomic E-state index is 0.0417. The molecule has 1 aromatic rings. The Labute approximate surface area is 107 Å². The zero-order valence-electron chi connectivity index (χ0n) is 10.6. The Morgan fingerprint density at radius 3 is 2.29 bits per heavy atom. The molecular weight excluding hydrogens is 232 g/mol. The van der Waals surface area contributed by atoms with Crippen LogP contribution in [0.2, 0.25) is 0 Å². The van der Waals surface area contributed by atoms with Crippen LogP contribution >= 0.6 is 11.8 Å². The minimum atomic E-state index is -0.292. The summed E-state index contributed by atoms with van der Waals surface area (Å²) in [4.78, 5) is 10.7. The van der Waals surface area contributed by atoms with E-state index in [-0.39, 0.29) is 11.9 Å². The van der Waals surface area contributed by atoms with Gasteiger partial charge in [0.25, 0.3) is 0 Å². The van der Waals surface area contributed by atoms with Gasteiger partial charge in [-0.3, -0.25) is 4.79 Å². The smallest absolute Gasteiger partial charge is 0.227 e. The Hall–Kier alpha value is -1.00. The summed E-state index contributed by atoms with van der Waals surface area (Å²) in [6.45, 7) is 6.24. The molecule has 3 nitrogen and oxygen atoms in total. The summed E-state index contributed by atoms with van der Waals surface area (Å²) < 4.78 is 0. The zero-order chi connectivity index (χ0) is 13.0. The fourth-order valence-corrected chi connectivity index (χ4v) is 2.89. The molecule has 0 saturated heterocycles. The van der Waals surface area contributed by atoms with E-state index in [0.717, 1.165) is 0 Å². The Balaban J connectivity index is 2.75. The number of nitrogens with two attached hydrogens (primary N) is 2. The number of thioether (sulfide) groups is 1. The molecule has 0 spiro atoms. The van der Waals surface area contributed by atoms with E-state index in [9.17, 15) is 4.79 Å². The number of amides is 1. The molecule has 4 heteroatoms. The second-order valence-electron chi connectivity index (χ2n) is 4.40. The standard InChI is InChI=1S/C13H20N2OS/c1-8-4-9(2)13(10(3)5-8)11(14)6-17-7-12(15)16/h4-5,11H,6-7,14H2,1-3H3,(H2,15,16). The van der Waals surface area contributed by atoms with Crippen LogP contribution in [0.1, 0.15) is 28.3 Å². The topological polar surface area (TPSA) is 69.1 Å². The third kappa shape index (κ3) is 4.06. The summed E-state index contributed by atoms with van der Waals surface area (Å²) in [6.07, 6.45) is 0. The van der Waals surface area contributed by atoms with Crippen LogP contribution in [0, 0.1) is 20.8 Å². The second kappa shape index (κ2) is 6.07. The highest BCUT2D eigenvalue weighted by Crippen LogP contribution is 2.24. The van der Waals surface area contributed by atoms with E-state index in [0.29, 0.717) is 11.5 Å². The van der Waals surface area contributed by atoms with Crippen molar-refractivity contribution in [1.82, 2.24) is 0 Å². The summed E-state index contributed by atoms with van der Waals surface area (Å²) in [5.41, 5.74) is 16.1. The lowest BCUT2D eigenvalue weighted by Gasteiger charge is -2.18. The van der Waals surface area contributed by atoms with Gasteiger partial charge in [-0.05, 0) is 37.5 Å². The zero-order valence-corrected chi connectivity index (χ0v) is 11.4. The molecule has 0 aromatic heterocycles. The summed E-state index contributed by atoms with van der Waals surface area (Å²) >= 11 is 1.49. The first kappa shape index (κ1) is 14.1. The SMILES string of the molecule is Cc1cc(C)c(C(N)CSCC(N)=O)c(C)c1. The number of primary amides is 1. The van der Waals surface area contributed by atoms with Crippen LogP contribution in [0.3, 0.4) is 0 Å². The summed E-state index contributed by atoms with van der Waals surface area (Å²) in [5, 5.41) is 0. The molecule has 1 unspecified atom stereocenters. The first-order valence-electron chi connectivity index (χ1n) is 5.61. The molecule has 94 valence electrons. The van der Waals surface area contributed by atoms with E-state index >= 15 is 0 Å². The molecule has 0 bridgehead atoms. The molecule has 1 amide bonds. The maximum Gasteiger partial charge on any atom is 0.227 e. The van der Waals surface area contributed by atoms with Crippen LogP contribution in [0.5, 0.6) is 0 Å². The van der Waals surface area contributed by atoms with Gasteiger partial charge >= 0.3 is 0 Å². The Kier molecular flexibility index (Phi) is 5.02. The van der Waals surface area contributed by atoms with E-state index in [1.807, 2.05) is 0 Å². The highest BCUT2D eigenvalue weighted by atomic mass is 32.2. The van der Waals surface area contributed by atoms with Gasteiger partial charge in [0.2, 0.25) is 5.91 Å². The normalized spacial score (nSPS) is 12.5. The van der Waals surface area contributed by atoms with Gasteiger partial charge in [-0.1, -0.05) is 17.7 Å². The van der Waals surface area contributed by atoms with E-state index in [2.05, 4.69) is 32.9 Å². The lowest BCUT2D eigenvalue weighted by Crippen LogP contribution is -2.19. The quantitative estimate of drug-likeness (QED) is 0.840. The molecule has 1 atom stereocenters. The third-order valence-corrected chi connectivity index (χ3v) is 3.73. The maximum absolute atomic E-state index is 10.7. The summed E-state index contributed by atoms with van der Waals surface area (Å²) in [5.74, 6) is 0.755. The number of rotatable bonds is 5. The molecule has 0 saturated carbocycles. The van der Waals surface area contributed by atoms with E-state index in [4.69, 9.17) is 11.5 Å². The Morgan fingerprint density at radius 2 is 1.82 bits per heavy atom.